The highest BCUT2D eigenvalue weighted by Crippen LogP contribution is 2.36. The van der Waals surface area contributed by atoms with Crippen LogP contribution in [0.25, 0.3) is 0 Å². The normalized spacial score (nSPS) is 11.6. The number of aryl methyl sites for hydroxylation is 2. The summed E-state index contributed by atoms with van der Waals surface area (Å²) in [5.41, 5.74) is 2.76. The molecule has 0 aliphatic rings. The van der Waals surface area contributed by atoms with Gasteiger partial charge in [0, 0.05) is 12.1 Å². The van der Waals surface area contributed by atoms with Crippen LogP contribution in [-0.4, -0.2) is 26.2 Å². The molecule has 2 aromatic rings. The molecule has 0 aliphatic heterocycles. The first-order valence-corrected chi connectivity index (χ1v) is 8.73. The van der Waals surface area contributed by atoms with Gasteiger partial charge in [0.25, 0.3) is 5.91 Å². The molecule has 2 rings (SSSR count). The second-order valence-electron chi connectivity index (χ2n) is 5.94. The van der Waals surface area contributed by atoms with Crippen molar-refractivity contribution in [1.29, 1.82) is 0 Å². The third kappa shape index (κ3) is 4.61. The minimum Gasteiger partial charge on any atom is -0.495 e. The number of carbonyl (C=O) groups is 1. The van der Waals surface area contributed by atoms with Gasteiger partial charge in [0.2, 0.25) is 0 Å². The highest BCUT2D eigenvalue weighted by molar-refractivity contribution is 6.32. The highest BCUT2D eigenvalue weighted by atomic mass is 35.5. The van der Waals surface area contributed by atoms with Gasteiger partial charge < -0.3 is 19.5 Å². The number of carbonyl (C=O) groups excluding carboxylic acids is 1. The van der Waals surface area contributed by atoms with Crippen LogP contribution in [0.3, 0.4) is 0 Å². The number of halogens is 1. The molecule has 6 heteroatoms. The molecule has 0 spiro atoms. The third-order valence-electron chi connectivity index (χ3n) is 4.15. The lowest BCUT2D eigenvalue weighted by atomic mass is 10.1. The maximum atomic E-state index is 12.7. The molecule has 0 aromatic heterocycles. The summed E-state index contributed by atoms with van der Waals surface area (Å²) in [5.74, 6) is 1.29. The zero-order chi connectivity index (χ0) is 19.3. The van der Waals surface area contributed by atoms with Crippen LogP contribution >= 0.6 is 11.6 Å². The molecule has 26 heavy (non-hydrogen) atoms. The fourth-order valence-corrected chi connectivity index (χ4v) is 2.68. The van der Waals surface area contributed by atoms with E-state index >= 15 is 0 Å². The van der Waals surface area contributed by atoms with Crippen molar-refractivity contribution in [3.05, 3.63) is 46.5 Å². The van der Waals surface area contributed by atoms with Crippen LogP contribution < -0.4 is 19.5 Å². The molecule has 0 unspecified atom stereocenters. The first-order chi connectivity index (χ1) is 12.4. The van der Waals surface area contributed by atoms with Crippen molar-refractivity contribution in [3.63, 3.8) is 0 Å². The monoisotopic (exact) mass is 377 g/mol. The van der Waals surface area contributed by atoms with E-state index in [9.17, 15) is 4.79 Å². The van der Waals surface area contributed by atoms with Gasteiger partial charge in [0.05, 0.1) is 24.9 Å². The lowest BCUT2D eigenvalue weighted by Crippen LogP contribution is -2.32. The van der Waals surface area contributed by atoms with Crippen molar-refractivity contribution in [2.24, 2.45) is 0 Å². The van der Waals surface area contributed by atoms with Crippen LogP contribution in [0.2, 0.25) is 5.02 Å². The number of hydrogen-bond acceptors (Lipinski definition) is 4. The van der Waals surface area contributed by atoms with Crippen LogP contribution in [0, 0.1) is 13.8 Å². The smallest absolute Gasteiger partial charge is 0.265 e. The molecule has 0 aliphatic carbocycles. The van der Waals surface area contributed by atoms with Crippen LogP contribution in [0.4, 0.5) is 5.69 Å². The Morgan fingerprint density at radius 1 is 1.08 bits per heavy atom. The SMILES string of the molecule is CC[C@@H](Oc1ccc(C)c(C)c1)C(=O)Nc1cc(OC)c(Cl)cc1OC. The number of rotatable bonds is 7. The van der Waals surface area contributed by atoms with Gasteiger partial charge in [-0.2, -0.15) is 0 Å². The van der Waals surface area contributed by atoms with Crippen molar-refractivity contribution in [1.82, 2.24) is 0 Å². The number of methoxy groups -OCH3 is 2. The fourth-order valence-electron chi connectivity index (χ4n) is 2.45. The lowest BCUT2D eigenvalue weighted by Gasteiger charge is -2.19. The van der Waals surface area contributed by atoms with Gasteiger partial charge in [0.1, 0.15) is 17.2 Å². The summed E-state index contributed by atoms with van der Waals surface area (Å²) in [5, 5.41) is 3.24. The van der Waals surface area contributed by atoms with Crippen molar-refractivity contribution in [2.45, 2.75) is 33.3 Å². The molecule has 0 bridgehead atoms. The summed E-state index contributed by atoms with van der Waals surface area (Å²) < 4.78 is 16.4. The number of hydrogen-bond donors (Lipinski definition) is 1. The maximum absolute atomic E-state index is 12.7. The lowest BCUT2D eigenvalue weighted by molar-refractivity contribution is -0.122. The Labute approximate surface area is 159 Å². The molecule has 0 saturated heterocycles. The molecule has 1 N–H and O–H groups in total. The van der Waals surface area contributed by atoms with Gasteiger partial charge >= 0.3 is 0 Å². The topological polar surface area (TPSA) is 56.8 Å². The molecule has 2 aromatic carbocycles. The Kier molecular flexibility index (Phi) is 6.75. The molecular formula is C20H24ClNO4. The number of anilines is 1. The Hall–Kier alpha value is -2.40. The summed E-state index contributed by atoms with van der Waals surface area (Å²) in [4.78, 5) is 12.7. The number of nitrogens with one attached hydrogen (secondary N) is 1. The third-order valence-corrected chi connectivity index (χ3v) is 4.45. The average Bonchev–Trinajstić information content (AvgIpc) is 2.63. The summed E-state index contributed by atoms with van der Waals surface area (Å²) in [6, 6.07) is 8.99. The van der Waals surface area contributed by atoms with E-state index in [4.69, 9.17) is 25.8 Å². The van der Waals surface area contributed by atoms with E-state index in [0.29, 0.717) is 34.4 Å². The Morgan fingerprint density at radius 3 is 2.35 bits per heavy atom. The van der Waals surface area contributed by atoms with Crippen molar-refractivity contribution in [3.8, 4) is 17.2 Å². The standard InChI is InChI=1S/C20H24ClNO4/c1-6-17(26-14-8-7-12(2)13(3)9-14)20(23)22-16-11-18(24-4)15(21)10-19(16)25-5/h7-11,17H,6H2,1-5H3,(H,22,23)/t17-/m1/s1. The highest BCUT2D eigenvalue weighted by Gasteiger charge is 2.21. The van der Waals surface area contributed by atoms with Crippen molar-refractivity contribution in [2.75, 3.05) is 19.5 Å². The minimum absolute atomic E-state index is 0.270. The average molecular weight is 378 g/mol. The molecule has 5 nitrogen and oxygen atoms in total. The van der Waals surface area contributed by atoms with E-state index in [1.807, 2.05) is 39.0 Å². The molecule has 140 valence electrons. The largest absolute Gasteiger partial charge is 0.495 e. The molecule has 0 heterocycles. The minimum atomic E-state index is -0.636. The Balaban J connectivity index is 2.19. The maximum Gasteiger partial charge on any atom is 0.265 e. The van der Waals surface area contributed by atoms with Gasteiger partial charge in [-0.05, 0) is 43.5 Å². The van der Waals surface area contributed by atoms with Gasteiger partial charge in [-0.1, -0.05) is 24.6 Å². The second kappa shape index (κ2) is 8.81. The van der Waals surface area contributed by atoms with E-state index in [-0.39, 0.29) is 5.91 Å². The van der Waals surface area contributed by atoms with E-state index in [1.165, 1.54) is 19.8 Å². The van der Waals surface area contributed by atoms with Gasteiger partial charge in [0.15, 0.2) is 6.10 Å². The van der Waals surface area contributed by atoms with E-state index in [0.717, 1.165) is 5.56 Å². The first kappa shape index (κ1) is 19.9. The predicted octanol–water partition coefficient (Wildman–Crippen LogP) is 4.77. The molecule has 1 atom stereocenters. The van der Waals surface area contributed by atoms with Crippen LogP contribution in [0.15, 0.2) is 30.3 Å². The predicted molar refractivity (Wildman–Crippen MR) is 104 cm³/mol. The number of benzene rings is 2. The Morgan fingerprint density at radius 2 is 1.77 bits per heavy atom. The van der Waals surface area contributed by atoms with E-state index in [2.05, 4.69) is 5.32 Å². The summed E-state index contributed by atoms with van der Waals surface area (Å²) in [6.07, 6.45) is -0.116. The molecule has 0 fully saturated rings. The number of amides is 1. The van der Waals surface area contributed by atoms with E-state index in [1.54, 1.807) is 12.1 Å². The number of ether oxygens (including phenoxy) is 3. The second-order valence-corrected chi connectivity index (χ2v) is 6.34. The molecule has 1 amide bonds. The summed E-state index contributed by atoms with van der Waals surface area (Å²) in [7, 11) is 3.02. The van der Waals surface area contributed by atoms with Crippen LogP contribution in [-0.2, 0) is 4.79 Å². The van der Waals surface area contributed by atoms with Crippen LogP contribution in [0.5, 0.6) is 17.2 Å². The van der Waals surface area contributed by atoms with Gasteiger partial charge in [-0.3, -0.25) is 4.79 Å². The zero-order valence-corrected chi connectivity index (χ0v) is 16.4. The van der Waals surface area contributed by atoms with Gasteiger partial charge in [-0.25, -0.2) is 0 Å². The van der Waals surface area contributed by atoms with Crippen LogP contribution in [0.1, 0.15) is 24.5 Å². The van der Waals surface area contributed by atoms with E-state index < -0.39 is 6.10 Å². The summed E-state index contributed by atoms with van der Waals surface area (Å²) >= 11 is 6.10. The fraction of sp³-hybridized carbons (Fsp3) is 0.350. The van der Waals surface area contributed by atoms with Crippen molar-refractivity contribution >= 4 is 23.2 Å². The molecule has 0 saturated carbocycles. The summed E-state index contributed by atoms with van der Waals surface area (Å²) in [6.45, 7) is 5.93. The quantitative estimate of drug-likeness (QED) is 0.755. The first-order valence-electron chi connectivity index (χ1n) is 8.35. The van der Waals surface area contributed by atoms with Gasteiger partial charge in [-0.15, -0.1) is 0 Å². The molecular weight excluding hydrogens is 354 g/mol. The molecule has 0 radical (unpaired) electrons. The zero-order valence-electron chi connectivity index (χ0n) is 15.7. The van der Waals surface area contributed by atoms with Crippen molar-refractivity contribution < 1.29 is 19.0 Å². The Bertz CT molecular complexity index is 792.